The van der Waals surface area contributed by atoms with Crippen LogP contribution in [0.25, 0.3) is 10.2 Å². The molecule has 0 N–H and O–H groups in total. The van der Waals surface area contributed by atoms with E-state index in [1.165, 1.54) is 35.0 Å². The van der Waals surface area contributed by atoms with Gasteiger partial charge in [-0.15, -0.1) is 11.3 Å². The van der Waals surface area contributed by atoms with Crippen LogP contribution in [-0.4, -0.2) is 34.8 Å². The summed E-state index contributed by atoms with van der Waals surface area (Å²) in [5.74, 6) is 1.83. The highest BCUT2D eigenvalue weighted by Gasteiger charge is 2.35. The zero-order valence-corrected chi connectivity index (χ0v) is 18.8. The van der Waals surface area contributed by atoms with Crippen LogP contribution in [0.15, 0.2) is 35.6 Å². The molecule has 1 amide bonds. The van der Waals surface area contributed by atoms with E-state index in [1.54, 1.807) is 24.8 Å². The maximum atomic E-state index is 13.3. The SMILES string of the molecule is COc1ccc(N(C(=O)CSc2ncnc3sc(C)c(C)c23)C(C)C2CC2)cc1. The number of methoxy groups -OCH3 is 1. The Labute approximate surface area is 179 Å². The normalized spacial score (nSPS) is 14.8. The quantitative estimate of drug-likeness (QED) is 0.381. The summed E-state index contributed by atoms with van der Waals surface area (Å²) in [6, 6.07) is 7.94. The molecule has 1 saturated carbocycles. The van der Waals surface area contributed by atoms with Crippen molar-refractivity contribution in [1.82, 2.24) is 9.97 Å². The Bertz CT molecular complexity index is 1030. The summed E-state index contributed by atoms with van der Waals surface area (Å²) in [6.45, 7) is 6.35. The van der Waals surface area contributed by atoms with Gasteiger partial charge < -0.3 is 9.64 Å². The first-order valence-electron chi connectivity index (χ1n) is 9.79. The fourth-order valence-corrected chi connectivity index (χ4v) is 5.57. The van der Waals surface area contributed by atoms with Crippen molar-refractivity contribution in [2.45, 2.75) is 44.7 Å². The summed E-state index contributed by atoms with van der Waals surface area (Å²) < 4.78 is 5.27. The minimum atomic E-state index is 0.107. The van der Waals surface area contributed by atoms with Gasteiger partial charge in [0.1, 0.15) is 21.9 Å². The van der Waals surface area contributed by atoms with Gasteiger partial charge in [0.15, 0.2) is 0 Å². The maximum Gasteiger partial charge on any atom is 0.237 e. The van der Waals surface area contributed by atoms with E-state index in [0.29, 0.717) is 11.7 Å². The maximum absolute atomic E-state index is 13.3. The van der Waals surface area contributed by atoms with Gasteiger partial charge in [0.05, 0.1) is 12.9 Å². The number of benzene rings is 1. The van der Waals surface area contributed by atoms with Crippen molar-refractivity contribution in [2.24, 2.45) is 5.92 Å². The Balaban J connectivity index is 1.57. The monoisotopic (exact) mass is 427 g/mol. The number of carbonyl (C=O) groups is 1. The number of aromatic nitrogens is 2. The first-order valence-corrected chi connectivity index (χ1v) is 11.6. The Morgan fingerprint density at radius 3 is 2.66 bits per heavy atom. The van der Waals surface area contributed by atoms with Gasteiger partial charge >= 0.3 is 0 Å². The van der Waals surface area contributed by atoms with Crippen LogP contribution in [0.1, 0.15) is 30.2 Å². The van der Waals surface area contributed by atoms with Crippen molar-refractivity contribution in [1.29, 1.82) is 0 Å². The van der Waals surface area contributed by atoms with E-state index >= 15 is 0 Å². The number of anilines is 1. The second kappa shape index (κ2) is 8.32. The Hall–Kier alpha value is -2.12. The second-order valence-corrected chi connectivity index (χ2v) is 9.64. The van der Waals surface area contributed by atoms with Gasteiger partial charge in [-0.05, 0) is 69.4 Å². The molecule has 0 radical (unpaired) electrons. The molecular formula is C22H25N3O2S2. The van der Waals surface area contributed by atoms with E-state index in [1.807, 2.05) is 29.2 Å². The van der Waals surface area contributed by atoms with Gasteiger partial charge in [0.25, 0.3) is 0 Å². The van der Waals surface area contributed by atoms with E-state index in [9.17, 15) is 4.79 Å². The van der Waals surface area contributed by atoms with Gasteiger partial charge in [-0.3, -0.25) is 4.79 Å². The lowest BCUT2D eigenvalue weighted by atomic mass is 10.1. The summed E-state index contributed by atoms with van der Waals surface area (Å²) in [6.07, 6.45) is 3.97. The van der Waals surface area contributed by atoms with E-state index in [-0.39, 0.29) is 11.9 Å². The third kappa shape index (κ3) is 4.12. The molecule has 2 heterocycles. The van der Waals surface area contributed by atoms with Crippen LogP contribution in [0, 0.1) is 19.8 Å². The second-order valence-electron chi connectivity index (χ2n) is 7.47. The largest absolute Gasteiger partial charge is 0.497 e. The Kier molecular flexibility index (Phi) is 5.79. The minimum absolute atomic E-state index is 0.107. The number of nitrogens with zero attached hydrogens (tertiary/aromatic N) is 3. The van der Waals surface area contributed by atoms with Crippen LogP contribution in [0.3, 0.4) is 0 Å². The van der Waals surface area contributed by atoms with Gasteiger partial charge in [0.2, 0.25) is 5.91 Å². The molecule has 0 saturated heterocycles. The average Bonchev–Trinajstić information content (AvgIpc) is 3.53. The van der Waals surface area contributed by atoms with Gasteiger partial charge in [-0.25, -0.2) is 9.97 Å². The predicted molar refractivity (Wildman–Crippen MR) is 120 cm³/mol. The molecule has 1 atom stereocenters. The van der Waals surface area contributed by atoms with Crippen molar-refractivity contribution in [2.75, 3.05) is 17.8 Å². The number of rotatable bonds is 7. The highest BCUT2D eigenvalue weighted by Crippen LogP contribution is 2.38. The van der Waals surface area contributed by atoms with E-state index in [0.717, 1.165) is 26.7 Å². The van der Waals surface area contributed by atoms with Crippen LogP contribution in [0.2, 0.25) is 0 Å². The third-order valence-electron chi connectivity index (χ3n) is 5.59. The first-order chi connectivity index (χ1) is 14.0. The van der Waals surface area contributed by atoms with Gasteiger partial charge in [0, 0.05) is 22.0 Å². The van der Waals surface area contributed by atoms with E-state index in [4.69, 9.17) is 4.74 Å². The van der Waals surface area contributed by atoms with Gasteiger partial charge in [-0.1, -0.05) is 11.8 Å². The van der Waals surface area contributed by atoms with Crippen molar-refractivity contribution in [3.63, 3.8) is 0 Å². The third-order valence-corrected chi connectivity index (χ3v) is 7.68. The number of thiophene rings is 1. The molecule has 1 aliphatic carbocycles. The number of fused-ring (bicyclic) bond motifs is 1. The standard InChI is InChI=1S/C22H25N3O2S2/c1-13-15(3)29-22-20(13)21(23-12-24-22)28-11-19(26)25(14(2)16-5-6-16)17-7-9-18(27-4)10-8-17/h7-10,12,14,16H,5-6,11H2,1-4H3. The number of thioether (sulfide) groups is 1. The fourth-order valence-electron chi connectivity index (χ4n) is 3.60. The van der Waals surface area contributed by atoms with Crippen molar-refractivity contribution in [3.05, 3.63) is 41.0 Å². The molecule has 1 unspecified atom stereocenters. The lowest BCUT2D eigenvalue weighted by Crippen LogP contribution is -2.41. The van der Waals surface area contributed by atoms with Gasteiger partial charge in [-0.2, -0.15) is 0 Å². The lowest BCUT2D eigenvalue weighted by molar-refractivity contribution is -0.116. The van der Waals surface area contributed by atoms with Crippen LogP contribution in [-0.2, 0) is 4.79 Å². The number of ether oxygens (including phenoxy) is 1. The number of amides is 1. The Morgan fingerprint density at radius 2 is 2.00 bits per heavy atom. The van der Waals surface area contributed by atoms with Crippen LogP contribution in [0.4, 0.5) is 5.69 Å². The molecule has 0 spiro atoms. The summed E-state index contributed by atoms with van der Waals surface area (Å²) in [4.78, 5) is 26.4. The smallest absolute Gasteiger partial charge is 0.237 e. The summed E-state index contributed by atoms with van der Waals surface area (Å²) in [5.41, 5.74) is 2.13. The molecule has 0 aliphatic heterocycles. The van der Waals surface area contributed by atoms with Crippen molar-refractivity contribution in [3.8, 4) is 5.75 Å². The van der Waals surface area contributed by atoms with Crippen molar-refractivity contribution < 1.29 is 9.53 Å². The molecule has 1 fully saturated rings. The fraction of sp³-hybridized carbons (Fsp3) is 0.409. The molecular weight excluding hydrogens is 402 g/mol. The zero-order chi connectivity index (χ0) is 20.5. The summed E-state index contributed by atoms with van der Waals surface area (Å²) >= 11 is 3.18. The zero-order valence-electron chi connectivity index (χ0n) is 17.1. The number of aryl methyl sites for hydroxylation is 2. The van der Waals surface area contributed by atoms with Crippen molar-refractivity contribution >= 4 is 44.9 Å². The van der Waals surface area contributed by atoms with E-state index < -0.39 is 0 Å². The molecule has 5 nitrogen and oxygen atoms in total. The molecule has 7 heteroatoms. The molecule has 1 aliphatic rings. The summed E-state index contributed by atoms with van der Waals surface area (Å²) in [5, 5.41) is 1.97. The molecule has 152 valence electrons. The molecule has 3 aromatic rings. The summed E-state index contributed by atoms with van der Waals surface area (Å²) in [7, 11) is 1.65. The van der Waals surface area contributed by atoms with E-state index in [2.05, 4.69) is 30.7 Å². The lowest BCUT2D eigenvalue weighted by Gasteiger charge is -2.29. The molecule has 29 heavy (non-hydrogen) atoms. The molecule has 2 aromatic heterocycles. The molecule has 4 rings (SSSR count). The highest BCUT2D eigenvalue weighted by molar-refractivity contribution is 8.00. The number of hydrogen-bond acceptors (Lipinski definition) is 6. The molecule has 0 bridgehead atoms. The highest BCUT2D eigenvalue weighted by atomic mass is 32.2. The van der Waals surface area contributed by atoms with Crippen LogP contribution < -0.4 is 9.64 Å². The predicted octanol–water partition coefficient (Wildman–Crippen LogP) is 5.24. The van der Waals surface area contributed by atoms with Crippen LogP contribution >= 0.6 is 23.1 Å². The first kappa shape index (κ1) is 20.2. The Morgan fingerprint density at radius 1 is 1.28 bits per heavy atom. The van der Waals surface area contributed by atoms with Crippen LogP contribution in [0.5, 0.6) is 5.75 Å². The number of carbonyl (C=O) groups excluding carboxylic acids is 1. The minimum Gasteiger partial charge on any atom is -0.497 e. The topological polar surface area (TPSA) is 55.3 Å². The average molecular weight is 428 g/mol. The number of hydrogen-bond donors (Lipinski definition) is 0. The molecule has 1 aromatic carbocycles.